The molecule has 0 saturated carbocycles. The molecule has 35 heavy (non-hydrogen) atoms. The van der Waals surface area contributed by atoms with Gasteiger partial charge < -0.3 is 15.8 Å². The molecule has 6 rings (SSSR count). The number of carbonyl (C=O) groups excluding carboxylic acids is 1. The zero-order valence-electron chi connectivity index (χ0n) is 20.0. The lowest BCUT2D eigenvalue weighted by atomic mass is 9.84. The highest BCUT2D eigenvalue weighted by Gasteiger charge is 2.43. The Morgan fingerprint density at radius 3 is 2.51 bits per heavy atom. The first-order valence-electron chi connectivity index (χ1n) is 11.8. The van der Waals surface area contributed by atoms with Gasteiger partial charge >= 0.3 is 0 Å². The van der Waals surface area contributed by atoms with Crippen LogP contribution in [-0.2, 0) is 17.8 Å². The minimum absolute atomic E-state index is 0.0748. The van der Waals surface area contributed by atoms with Gasteiger partial charge in [-0.25, -0.2) is 4.98 Å². The molecule has 4 heterocycles. The third kappa shape index (κ3) is 3.68. The molecule has 2 aromatic heterocycles. The molecule has 7 nitrogen and oxygen atoms in total. The van der Waals surface area contributed by atoms with Gasteiger partial charge in [0.2, 0.25) is 0 Å². The van der Waals surface area contributed by atoms with Crippen molar-refractivity contribution in [2.45, 2.75) is 46.1 Å². The maximum Gasteiger partial charge on any atom is 0.251 e. The molecular formula is C28H27N5O2. The van der Waals surface area contributed by atoms with Crippen molar-refractivity contribution >= 4 is 11.7 Å². The summed E-state index contributed by atoms with van der Waals surface area (Å²) in [5, 5.41) is 7.44. The molecule has 0 saturated heterocycles. The molecule has 0 fully saturated rings. The van der Waals surface area contributed by atoms with Crippen molar-refractivity contribution in [2.24, 2.45) is 0 Å². The summed E-state index contributed by atoms with van der Waals surface area (Å²) in [7, 11) is 0. The molecule has 2 aromatic carbocycles. The zero-order valence-corrected chi connectivity index (χ0v) is 20.0. The Bertz CT molecular complexity index is 1470. The van der Waals surface area contributed by atoms with Crippen molar-refractivity contribution in [1.29, 1.82) is 0 Å². The van der Waals surface area contributed by atoms with Crippen molar-refractivity contribution < 1.29 is 9.53 Å². The van der Waals surface area contributed by atoms with Gasteiger partial charge in [-0.3, -0.25) is 9.48 Å². The summed E-state index contributed by atoms with van der Waals surface area (Å²) in [5.41, 5.74) is 16.2. The van der Waals surface area contributed by atoms with Crippen LogP contribution >= 0.6 is 0 Å². The number of carbonyl (C=O) groups is 1. The third-order valence-electron chi connectivity index (χ3n) is 7.01. The smallest absolute Gasteiger partial charge is 0.251 e. The maximum absolute atomic E-state index is 13.0. The second kappa shape index (κ2) is 8.06. The Morgan fingerprint density at radius 1 is 1.03 bits per heavy atom. The van der Waals surface area contributed by atoms with E-state index in [-0.39, 0.29) is 18.1 Å². The Hall–Kier alpha value is -3.97. The minimum Gasteiger partial charge on any atom is -0.384 e. The predicted molar refractivity (Wildman–Crippen MR) is 133 cm³/mol. The standard InChI is InChI=1S/C28H27N5O2/c1-15-11-31-33(13-15)14-18-4-6-20-22(9-18)27-23-10-19(5-7-21(23)26(20)35-27)28(34)30-12-24-16(2)8-25(29)32-17(24)3/h4-11,13,26-27H,12,14H2,1-3H3,(H2,29,32)(H,30,34). The van der Waals surface area contributed by atoms with E-state index in [4.69, 9.17) is 10.5 Å². The molecule has 2 atom stereocenters. The van der Waals surface area contributed by atoms with E-state index >= 15 is 0 Å². The van der Waals surface area contributed by atoms with Crippen LogP contribution < -0.4 is 11.1 Å². The molecule has 0 spiro atoms. The van der Waals surface area contributed by atoms with Crippen LogP contribution in [0.5, 0.6) is 0 Å². The first-order chi connectivity index (χ1) is 16.9. The molecule has 2 aliphatic rings. The fourth-order valence-electron chi connectivity index (χ4n) is 5.30. The summed E-state index contributed by atoms with van der Waals surface area (Å²) < 4.78 is 8.30. The zero-order chi connectivity index (χ0) is 24.3. The van der Waals surface area contributed by atoms with E-state index in [2.05, 4.69) is 33.6 Å². The highest BCUT2D eigenvalue weighted by molar-refractivity contribution is 5.94. The maximum atomic E-state index is 13.0. The van der Waals surface area contributed by atoms with Crippen LogP contribution in [0, 0.1) is 20.8 Å². The van der Waals surface area contributed by atoms with E-state index in [1.165, 1.54) is 16.7 Å². The molecule has 176 valence electrons. The lowest BCUT2D eigenvalue weighted by molar-refractivity contribution is 0.0857. The van der Waals surface area contributed by atoms with Crippen LogP contribution in [0.15, 0.2) is 54.9 Å². The van der Waals surface area contributed by atoms with Crippen LogP contribution in [0.2, 0.25) is 0 Å². The summed E-state index contributed by atoms with van der Waals surface area (Å²) in [6.45, 7) is 7.05. The van der Waals surface area contributed by atoms with Gasteiger partial charge in [0.05, 0.1) is 12.7 Å². The van der Waals surface area contributed by atoms with Crippen LogP contribution in [-0.4, -0.2) is 20.7 Å². The highest BCUT2D eigenvalue weighted by atomic mass is 16.5. The Labute approximate surface area is 204 Å². The average molecular weight is 466 g/mol. The van der Waals surface area contributed by atoms with Gasteiger partial charge in [-0.2, -0.15) is 5.10 Å². The minimum atomic E-state index is -0.150. The number of pyridine rings is 1. The first kappa shape index (κ1) is 21.6. The van der Waals surface area contributed by atoms with E-state index in [0.717, 1.165) is 33.5 Å². The molecule has 2 bridgehead atoms. The number of nitrogen functional groups attached to an aromatic ring is 1. The molecule has 0 aliphatic carbocycles. The fraction of sp³-hybridized carbons (Fsp3) is 0.250. The number of anilines is 1. The number of ether oxygens (including phenoxy) is 1. The number of hydrogen-bond acceptors (Lipinski definition) is 5. The van der Waals surface area contributed by atoms with E-state index in [0.29, 0.717) is 24.5 Å². The van der Waals surface area contributed by atoms with Crippen LogP contribution in [0.1, 0.15) is 72.8 Å². The largest absolute Gasteiger partial charge is 0.384 e. The number of aromatic nitrogens is 3. The van der Waals surface area contributed by atoms with Crippen molar-refractivity contribution in [3.05, 3.63) is 111 Å². The molecule has 7 heteroatoms. The summed E-state index contributed by atoms with van der Waals surface area (Å²) in [5.74, 6) is 0.376. The Balaban J connectivity index is 1.22. The summed E-state index contributed by atoms with van der Waals surface area (Å²) in [4.78, 5) is 17.3. The normalized spacial score (nSPS) is 17.3. The quantitative estimate of drug-likeness (QED) is 0.459. The molecule has 3 N–H and O–H groups in total. The van der Waals surface area contributed by atoms with Crippen molar-refractivity contribution in [2.75, 3.05) is 5.73 Å². The van der Waals surface area contributed by atoms with Crippen molar-refractivity contribution in [1.82, 2.24) is 20.1 Å². The number of amides is 1. The van der Waals surface area contributed by atoms with Gasteiger partial charge in [0.15, 0.2) is 0 Å². The fourth-order valence-corrected chi connectivity index (χ4v) is 5.30. The number of aryl methyl sites for hydroxylation is 3. The molecule has 2 unspecified atom stereocenters. The molecule has 1 amide bonds. The number of fused-ring (bicyclic) bond motifs is 8. The van der Waals surface area contributed by atoms with Crippen LogP contribution in [0.4, 0.5) is 5.82 Å². The van der Waals surface area contributed by atoms with Crippen LogP contribution in [0.25, 0.3) is 0 Å². The van der Waals surface area contributed by atoms with E-state index < -0.39 is 0 Å². The summed E-state index contributed by atoms with van der Waals surface area (Å²) in [6.07, 6.45) is 3.68. The van der Waals surface area contributed by atoms with Crippen LogP contribution in [0.3, 0.4) is 0 Å². The average Bonchev–Trinajstić information content (AvgIpc) is 3.51. The summed E-state index contributed by atoms with van der Waals surface area (Å²) in [6, 6.07) is 14.2. The van der Waals surface area contributed by atoms with Gasteiger partial charge in [-0.15, -0.1) is 0 Å². The number of benzene rings is 2. The summed E-state index contributed by atoms with van der Waals surface area (Å²) >= 11 is 0. The number of rotatable bonds is 5. The van der Waals surface area contributed by atoms with E-state index in [1.54, 1.807) is 0 Å². The second-order valence-electron chi connectivity index (χ2n) is 9.53. The number of nitrogens with one attached hydrogen (secondary N) is 1. The lowest BCUT2D eigenvalue weighted by Crippen LogP contribution is -2.24. The van der Waals surface area contributed by atoms with E-state index in [1.807, 2.05) is 62.1 Å². The monoisotopic (exact) mass is 465 g/mol. The van der Waals surface area contributed by atoms with Gasteiger partial charge in [0.1, 0.15) is 18.0 Å². The number of hydrogen-bond donors (Lipinski definition) is 2. The number of nitrogens with two attached hydrogens (primary N) is 1. The van der Waals surface area contributed by atoms with Gasteiger partial charge in [0.25, 0.3) is 5.91 Å². The molecule has 4 aromatic rings. The van der Waals surface area contributed by atoms with Crippen molar-refractivity contribution in [3.63, 3.8) is 0 Å². The van der Waals surface area contributed by atoms with Gasteiger partial charge in [-0.05, 0) is 83.5 Å². The highest BCUT2D eigenvalue weighted by Crippen LogP contribution is 2.54. The Morgan fingerprint density at radius 2 is 1.77 bits per heavy atom. The molecular weight excluding hydrogens is 438 g/mol. The topological polar surface area (TPSA) is 95.1 Å². The number of nitrogens with zero attached hydrogens (tertiary/aromatic N) is 3. The lowest BCUT2D eigenvalue weighted by Gasteiger charge is -2.18. The Kier molecular flexibility index (Phi) is 4.96. The van der Waals surface area contributed by atoms with Gasteiger partial charge in [-0.1, -0.05) is 24.3 Å². The predicted octanol–water partition coefficient (Wildman–Crippen LogP) is 4.29. The van der Waals surface area contributed by atoms with E-state index in [9.17, 15) is 4.79 Å². The SMILES string of the molecule is Cc1cnn(Cc2ccc3c(c2)C2OC3c3ccc(C(=O)NCc4c(C)cc(N)nc4C)cc32)c1. The van der Waals surface area contributed by atoms with Gasteiger partial charge in [0, 0.05) is 24.0 Å². The second-order valence-corrected chi connectivity index (χ2v) is 9.53. The first-order valence-corrected chi connectivity index (χ1v) is 11.8. The molecule has 0 radical (unpaired) electrons. The molecule has 2 aliphatic heterocycles. The van der Waals surface area contributed by atoms with Crippen molar-refractivity contribution in [3.8, 4) is 0 Å². The third-order valence-corrected chi connectivity index (χ3v) is 7.01.